The topological polar surface area (TPSA) is 55.8 Å². The van der Waals surface area contributed by atoms with Crippen LogP contribution < -0.4 is 4.74 Å². The van der Waals surface area contributed by atoms with Crippen LogP contribution in [0.1, 0.15) is 32.8 Å². The van der Waals surface area contributed by atoms with E-state index < -0.39 is 28.0 Å². The van der Waals surface area contributed by atoms with Gasteiger partial charge in [0.2, 0.25) is 6.29 Å². The molecule has 142 valence electrons. The van der Waals surface area contributed by atoms with Crippen molar-refractivity contribution in [2.75, 3.05) is 6.54 Å². The van der Waals surface area contributed by atoms with Crippen LogP contribution in [0.2, 0.25) is 0 Å². The highest BCUT2D eigenvalue weighted by molar-refractivity contribution is 7.87. The van der Waals surface area contributed by atoms with Gasteiger partial charge in [-0.25, -0.2) is 4.18 Å². The molecule has 0 aliphatic carbocycles. The summed E-state index contributed by atoms with van der Waals surface area (Å²) in [5, 5.41) is 0. The van der Waals surface area contributed by atoms with Gasteiger partial charge in [-0.1, -0.05) is 25.1 Å². The third-order valence-corrected chi connectivity index (χ3v) is 5.05. The summed E-state index contributed by atoms with van der Waals surface area (Å²) in [6.07, 6.45) is -0.461. The Morgan fingerprint density at radius 3 is 2.52 bits per heavy atom. The number of halogens is 3. The number of fused-ring (bicyclic) bond motifs is 1. The van der Waals surface area contributed by atoms with E-state index in [-0.39, 0.29) is 6.04 Å². The van der Waals surface area contributed by atoms with Crippen molar-refractivity contribution in [1.82, 2.24) is 4.90 Å². The zero-order chi connectivity index (χ0) is 18.8. The summed E-state index contributed by atoms with van der Waals surface area (Å²) in [4.78, 5) is 1.91. The fourth-order valence-electron chi connectivity index (χ4n) is 2.91. The molecule has 0 N–H and O–H groups in total. The van der Waals surface area contributed by atoms with Crippen molar-refractivity contribution in [3.63, 3.8) is 0 Å². The standard InChI is InChI=1S/C16H22F3NO4S/c1-4-9-20(11(2)3)13-10-12-7-5-6-8-14(12)23-15(13)24-25(21,22)16(17,18)19/h5-8,11,13,15H,4,9-10H2,1-3H3/t13?,15-/m1/s1. The number of hydrogen-bond acceptors (Lipinski definition) is 5. The summed E-state index contributed by atoms with van der Waals surface area (Å²) in [5.74, 6) is 0.335. The van der Waals surface area contributed by atoms with Crippen molar-refractivity contribution in [1.29, 1.82) is 0 Å². The van der Waals surface area contributed by atoms with Crippen molar-refractivity contribution in [3.8, 4) is 5.75 Å². The van der Waals surface area contributed by atoms with Gasteiger partial charge in [-0.2, -0.15) is 21.6 Å². The normalized spacial score (nSPS) is 21.3. The number of alkyl halides is 3. The van der Waals surface area contributed by atoms with Gasteiger partial charge in [-0.05, 0) is 44.9 Å². The molecule has 1 aromatic rings. The van der Waals surface area contributed by atoms with Gasteiger partial charge in [0.25, 0.3) is 0 Å². The SMILES string of the molecule is CCCN(C(C)C)C1Cc2ccccc2O[C@@H]1OS(=O)(=O)C(F)(F)F. The van der Waals surface area contributed by atoms with Crippen LogP contribution >= 0.6 is 0 Å². The van der Waals surface area contributed by atoms with Gasteiger partial charge in [0.1, 0.15) is 5.75 Å². The number of hydrogen-bond donors (Lipinski definition) is 0. The van der Waals surface area contributed by atoms with Crippen LogP contribution in [-0.4, -0.2) is 43.7 Å². The minimum atomic E-state index is -5.76. The quantitative estimate of drug-likeness (QED) is 0.559. The lowest BCUT2D eigenvalue weighted by atomic mass is 9.99. The number of para-hydroxylation sites is 1. The number of ether oxygens (including phenoxy) is 1. The largest absolute Gasteiger partial charge is 0.523 e. The summed E-state index contributed by atoms with van der Waals surface area (Å²) in [5.41, 5.74) is -4.69. The Morgan fingerprint density at radius 2 is 1.96 bits per heavy atom. The lowest BCUT2D eigenvalue weighted by molar-refractivity contribution is -0.103. The van der Waals surface area contributed by atoms with Gasteiger partial charge >= 0.3 is 15.6 Å². The molecular weight excluding hydrogens is 359 g/mol. The predicted octanol–water partition coefficient (Wildman–Crippen LogP) is 3.30. The second-order valence-corrected chi connectivity index (χ2v) is 7.76. The van der Waals surface area contributed by atoms with Crippen LogP contribution in [0.3, 0.4) is 0 Å². The summed E-state index contributed by atoms with van der Waals surface area (Å²) in [6.45, 7) is 6.31. The fourth-order valence-corrected chi connectivity index (χ4v) is 3.44. The van der Waals surface area contributed by atoms with Crippen LogP contribution in [0.25, 0.3) is 0 Å². The predicted molar refractivity (Wildman–Crippen MR) is 86.5 cm³/mol. The Balaban J connectivity index is 2.38. The first-order valence-corrected chi connectivity index (χ1v) is 9.47. The molecule has 25 heavy (non-hydrogen) atoms. The van der Waals surface area contributed by atoms with Crippen molar-refractivity contribution in [2.24, 2.45) is 0 Å². The monoisotopic (exact) mass is 381 g/mol. The molecule has 0 saturated carbocycles. The molecule has 1 aromatic carbocycles. The summed E-state index contributed by atoms with van der Waals surface area (Å²) < 4.78 is 71.2. The Kier molecular flexibility index (Phi) is 6.01. The van der Waals surface area contributed by atoms with Crippen molar-refractivity contribution in [2.45, 2.75) is 57.5 Å². The second kappa shape index (κ2) is 7.51. The van der Waals surface area contributed by atoms with Gasteiger partial charge in [0.05, 0.1) is 6.04 Å². The van der Waals surface area contributed by atoms with Crippen molar-refractivity contribution in [3.05, 3.63) is 29.8 Å². The van der Waals surface area contributed by atoms with E-state index in [4.69, 9.17) is 4.74 Å². The molecule has 1 unspecified atom stereocenters. The molecule has 1 aliphatic heterocycles. The van der Waals surface area contributed by atoms with E-state index in [1.165, 1.54) is 0 Å². The van der Waals surface area contributed by atoms with E-state index in [0.29, 0.717) is 18.7 Å². The van der Waals surface area contributed by atoms with Crippen molar-refractivity contribution >= 4 is 10.1 Å². The Morgan fingerprint density at radius 1 is 1.32 bits per heavy atom. The van der Waals surface area contributed by atoms with E-state index in [9.17, 15) is 21.6 Å². The van der Waals surface area contributed by atoms with E-state index >= 15 is 0 Å². The number of rotatable bonds is 6. The smallest absolute Gasteiger partial charge is 0.462 e. The second-order valence-electron chi connectivity index (χ2n) is 6.19. The van der Waals surface area contributed by atoms with Crippen LogP contribution in [0.4, 0.5) is 13.2 Å². The minimum Gasteiger partial charge on any atom is -0.462 e. The first-order chi connectivity index (χ1) is 11.6. The van der Waals surface area contributed by atoms with Crippen LogP contribution in [-0.2, 0) is 20.7 Å². The van der Waals surface area contributed by atoms with Gasteiger partial charge in [0, 0.05) is 6.04 Å². The third-order valence-electron chi connectivity index (χ3n) is 4.04. The molecule has 0 spiro atoms. The van der Waals surface area contributed by atoms with Gasteiger partial charge in [-0.15, -0.1) is 0 Å². The summed E-state index contributed by atoms with van der Waals surface area (Å²) in [6, 6.07) is 6.20. The lowest BCUT2D eigenvalue weighted by Gasteiger charge is -2.41. The Bertz CT molecular complexity index is 691. The molecule has 0 amide bonds. The zero-order valence-electron chi connectivity index (χ0n) is 14.3. The fraction of sp³-hybridized carbons (Fsp3) is 0.625. The van der Waals surface area contributed by atoms with Crippen LogP contribution in [0.15, 0.2) is 24.3 Å². The molecule has 0 bridgehead atoms. The molecule has 0 radical (unpaired) electrons. The molecule has 1 aliphatic rings. The lowest BCUT2D eigenvalue weighted by Crippen LogP contribution is -2.54. The highest BCUT2D eigenvalue weighted by Gasteiger charge is 2.51. The molecule has 2 atom stereocenters. The highest BCUT2D eigenvalue weighted by atomic mass is 32.2. The molecule has 5 nitrogen and oxygen atoms in total. The summed E-state index contributed by atoms with van der Waals surface area (Å²) in [7, 11) is -5.76. The molecular formula is C16H22F3NO4S. The molecule has 9 heteroatoms. The van der Waals surface area contributed by atoms with E-state index in [1.54, 1.807) is 24.3 Å². The van der Waals surface area contributed by atoms with E-state index in [0.717, 1.165) is 12.0 Å². The van der Waals surface area contributed by atoms with Gasteiger partial charge < -0.3 is 4.74 Å². The van der Waals surface area contributed by atoms with E-state index in [1.807, 2.05) is 25.7 Å². The van der Waals surface area contributed by atoms with Crippen LogP contribution in [0, 0.1) is 0 Å². The highest BCUT2D eigenvalue weighted by Crippen LogP contribution is 2.34. The zero-order valence-corrected chi connectivity index (χ0v) is 15.1. The number of benzene rings is 1. The van der Waals surface area contributed by atoms with Crippen LogP contribution in [0.5, 0.6) is 5.75 Å². The Labute approximate surface area is 145 Å². The average Bonchev–Trinajstić information content (AvgIpc) is 2.50. The number of nitrogens with zero attached hydrogens (tertiary/aromatic N) is 1. The van der Waals surface area contributed by atoms with Crippen molar-refractivity contribution < 1.29 is 30.5 Å². The Hall–Kier alpha value is -1.32. The molecule has 1 heterocycles. The minimum absolute atomic E-state index is 0.0153. The summed E-state index contributed by atoms with van der Waals surface area (Å²) >= 11 is 0. The third kappa shape index (κ3) is 4.45. The average molecular weight is 381 g/mol. The van der Waals surface area contributed by atoms with E-state index in [2.05, 4.69) is 4.18 Å². The molecule has 0 aromatic heterocycles. The maximum Gasteiger partial charge on any atom is 0.523 e. The molecule has 2 rings (SSSR count). The van der Waals surface area contributed by atoms with Gasteiger partial charge in [0.15, 0.2) is 0 Å². The molecule has 0 fully saturated rings. The molecule has 0 saturated heterocycles. The first kappa shape index (κ1) is 20.0. The first-order valence-electron chi connectivity index (χ1n) is 8.06. The van der Waals surface area contributed by atoms with Gasteiger partial charge in [-0.3, -0.25) is 4.90 Å². The maximum atomic E-state index is 12.7. The maximum absolute atomic E-state index is 12.7.